The number of rotatable bonds is 7. The lowest BCUT2D eigenvalue weighted by molar-refractivity contribution is 0.0469. The number of aromatic nitrogens is 2. The molecule has 7 nitrogen and oxygen atoms in total. The second-order valence-corrected chi connectivity index (χ2v) is 6.99. The van der Waals surface area contributed by atoms with Crippen LogP contribution < -0.4 is 16.0 Å². The van der Waals surface area contributed by atoms with Crippen LogP contribution in [0.2, 0.25) is 0 Å². The van der Waals surface area contributed by atoms with E-state index in [0.717, 1.165) is 15.7 Å². The fourth-order valence-corrected chi connectivity index (χ4v) is 3.14. The molecule has 0 saturated heterocycles. The van der Waals surface area contributed by atoms with E-state index in [1.807, 2.05) is 19.9 Å². The Balaban J connectivity index is 1.97. The molecule has 30 heavy (non-hydrogen) atoms. The van der Waals surface area contributed by atoms with Gasteiger partial charge in [0.15, 0.2) is 0 Å². The van der Waals surface area contributed by atoms with Gasteiger partial charge in [0.05, 0.1) is 12.2 Å². The summed E-state index contributed by atoms with van der Waals surface area (Å²) in [4.78, 5) is 24.9. The number of halogens is 1. The number of nitrogens with zero attached hydrogens (tertiary/aromatic N) is 2. The third kappa shape index (κ3) is 4.60. The van der Waals surface area contributed by atoms with Crippen molar-refractivity contribution in [3.8, 4) is 11.6 Å². The lowest BCUT2D eigenvalue weighted by atomic mass is 10.1. The highest BCUT2D eigenvalue weighted by molar-refractivity contribution is 5.37. The molecule has 1 aromatic heterocycles. The van der Waals surface area contributed by atoms with Crippen LogP contribution in [0.4, 0.5) is 4.39 Å². The molecule has 0 fully saturated rings. The molecule has 3 aromatic rings. The molecule has 0 aliphatic rings. The smallest absolute Gasteiger partial charge is 0.369 e. The van der Waals surface area contributed by atoms with Crippen molar-refractivity contribution in [2.75, 3.05) is 0 Å². The van der Waals surface area contributed by atoms with Crippen LogP contribution in [0.1, 0.15) is 29.2 Å². The first kappa shape index (κ1) is 21.3. The van der Waals surface area contributed by atoms with Crippen LogP contribution in [0, 0.1) is 19.7 Å². The van der Waals surface area contributed by atoms with Gasteiger partial charge in [0.1, 0.15) is 18.3 Å². The van der Waals surface area contributed by atoms with E-state index in [4.69, 9.17) is 9.47 Å². The van der Waals surface area contributed by atoms with Gasteiger partial charge in [0, 0.05) is 0 Å². The largest absolute Gasteiger partial charge is 0.440 e. The monoisotopic (exact) mass is 414 g/mol. The molecule has 0 unspecified atom stereocenters. The fourth-order valence-electron chi connectivity index (χ4n) is 3.14. The van der Waals surface area contributed by atoms with Gasteiger partial charge in [-0.15, -0.1) is 0 Å². The zero-order valence-corrected chi connectivity index (χ0v) is 17.0. The molecule has 0 atom stereocenters. The van der Waals surface area contributed by atoms with Gasteiger partial charge in [-0.2, -0.15) is 0 Å². The summed E-state index contributed by atoms with van der Waals surface area (Å²) in [6, 6.07) is 11.3. The fraction of sp³-hybridized carbons (Fsp3) is 0.273. The van der Waals surface area contributed by atoms with Crippen LogP contribution in [-0.4, -0.2) is 14.5 Å². The Hall–Kier alpha value is -3.39. The average molecular weight is 414 g/mol. The van der Waals surface area contributed by atoms with Crippen LogP contribution in [0.3, 0.4) is 0 Å². The summed E-state index contributed by atoms with van der Waals surface area (Å²) in [5.74, 6) is 0.116. The topological polar surface area (TPSA) is 82.7 Å². The first-order chi connectivity index (χ1) is 14.3. The zero-order chi connectivity index (χ0) is 21.8. The van der Waals surface area contributed by atoms with Crippen molar-refractivity contribution in [3.05, 3.63) is 91.4 Å². The number of aryl methyl sites for hydroxylation is 2. The third-order valence-corrected chi connectivity index (χ3v) is 4.53. The minimum absolute atomic E-state index is 0.0157. The molecule has 1 N–H and O–H groups in total. The van der Waals surface area contributed by atoms with Crippen LogP contribution in [0.5, 0.6) is 11.6 Å². The summed E-state index contributed by atoms with van der Waals surface area (Å²) in [6.45, 7) is 5.36. The van der Waals surface area contributed by atoms with Gasteiger partial charge in [-0.1, -0.05) is 29.9 Å². The van der Waals surface area contributed by atoms with Crippen molar-refractivity contribution in [3.63, 3.8) is 0 Å². The maximum absolute atomic E-state index is 13.0. The molecule has 1 heterocycles. The van der Waals surface area contributed by atoms with E-state index in [1.165, 1.54) is 12.1 Å². The van der Waals surface area contributed by atoms with Crippen molar-refractivity contribution >= 4 is 0 Å². The summed E-state index contributed by atoms with van der Waals surface area (Å²) in [5, 5.41) is 9.94. The van der Waals surface area contributed by atoms with Crippen molar-refractivity contribution in [2.24, 2.45) is 0 Å². The van der Waals surface area contributed by atoms with E-state index in [9.17, 15) is 19.2 Å². The molecule has 158 valence electrons. The molecule has 0 bridgehead atoms. The minimum Gasteiger partial charge on any atom is -0.440 e. The van der Waals surface area contributed by atoms with E-state index in [0.29, 0.717) is 11.3 Å². The van der Waals surface area contributed by atoms with E-state index in [-0.39, 0.29) is 41.7 Å². The third-order valence-electron chi connectivity index (χ3n) is 4.53. The quantitative estimate of drug-likeness (QED) is 0.598. The van der Waals surface area contributed by atoms with Gasteiger partial charge in [-0.25, -0.2) is 13.8 Å². The standard InChI is InChI=1S/C22H23FN2O5/c1-4-19-20(26)25(28)22(27)24(13-29-12-16-5-7-17(23)8-6-16)21(19)30-18-10-14(2)9-15(3)11-18/h5-11,28H,4,12-13H2,1-3H3. The maximum Gasteiger partial charge on any atom is 0.369 e. The molecule has 0 spiro atoms. The Bertz CT molecular complexity index is 1150. The van der Waals surface area contributed by atoms with Crippen molar-refractivity contribution < 1.29 is 19.1 Å². The first-order valence-electron chi connectivity index (χ1n) is 9.46. The van der Waals surface area contributed by atoms with Crippen molar-refractivity contribution in [1.29, 1.82) is 0 Å². The number of hydrogen-bond donors (Lipinski definition) is 1. The van der Waals surface area contributed by atoms with Crippen molar-refractivity contribution in [2.45, 2.75) is 40.5 Å². The Kier molecular flexibility index (Phi) is 6.37. The number of ether oxygens (including phenoxy) is 2. The summed E-state index contributed by atoms with van der Waals surface area (Å²) >= 11 is 0. The average Bonchev–Trinajstić information content (AvgIpc) is 2.70. The van der Waals surface area contributed by atoms with Gasteiger partial charge in [0.25, 0.3) is 5.56 Å². The van der Waals surface area contributed by atoms with E-state index < -0.39 is 11.2 Å². The summed E-state index contributed by atoms with van der Waals surface area (Å²) in [6.07, 6.45) is 0.234. The predicted octanol–water partition coefficient (Wildman–Crippen LogP) is 3.53. The van der Waals surface area contributed by atoms with Gasteiger partial charge in [-0.05, 0) is 61.2 Å². The van der Waals surface area contributed by atoms with E-state index in [2.05, 4.69) is 0 Å². The lowest BCUT2D eigenvalue weighted by Crippen LogP contribution is -2.41. The Morgan fingerprint density at radius 1 is 1.03 bits per heavy atom. The van der Waals surface area contributed by atoms with Crippen LogP contribution in [0.15, 0.2) is 52.1 Å². The zero-order valence-electron chi connectivity index (χ0n) is 17.0. The van der Waals surface area contributed by atoms with Crippen LogP contribution >= 0.6 is 0 Å². The normalized spacial score (nSPS) is 10.9. The SMILES string of the molecule is CCc1c(Oc2cc(C)cc(C)c2)n(COCc2ccc(F)cc2)c(=O)n(O)c1=O. The predicted molar refractivity (Wildman–Crippen MR) is 109 cm³/mol. The summed E-state index contributed by atoms with van der Waals surface area (Å²) in [7, 11) is 0. The van der Waals surface area contributed by atoms with E-state index >= 15 is 0 Å². The highest BCUT2D eigenvalue weighted by atomic mass is 19.1. The summed E-state index contributed by atoms with van der Waals surface area (Å²) in [5.41, 5.74) is 0.947. The molecule has 3 rings (SSSR count). The van der Waals surface area contributed by atoms with Gasteiger partial charge >= 0.3 is 5.69 Å². The molecule has 2 aromatic carbocycles. The van der Waals surface area contributed by atoms with Gasteiger partial charge in [-0.3, -0.25) is 4.79 Å². The summed E-state index contributed by atoms with van der Waals surface area (Å²) < 4.78 is 25.7. The lowest BCUT2D eigenvalue weighted by Gasteiger charge is -2.18. The molecular weight excluding hydrogens is 391 g/mol. The molecule has 0 amide bonds. The molecule has 0 aliphatic heterocycles. The molecular formula is C22H23FN2O5. The molecule has 0 saturated carbocycles. The highest BCUT2D eigenvalue weighted by Crippen LogP contribution is 2.25. The van der Waals surface area contributed by atoms with Crippen LogP contribution in [-0.2, 0) is 24.5 Å². The molecule has 0 aliphatic carbocycles. The van der Waals surface area contributed by atoms with Crippen LogP contribution in [0.25, 0.3) is 0 Å². The molecule has 8 heteroatoms. The minimum atomic E-state index is -0.976. The maximum atomic E-state index is 13.0. The Morgan fingerprint density at radius 3 is 2.27 bits per heavy atom. The number of hydrogen-bond acceptors (Lipinski definition) is 5. The number of benzene rings is 2. The van der Waals surface area contributed by atoms with E-state index in [1.54, 1.807) is 31.2 Å². The Labute approximate surface area is 172 Å². The first-order valence-corrected chi connectivity index (χ1v) is 9.46. The molecule has 0 radical (unpaired) electrons. The second kappa shape index (κ2) is 8.96. The Morgan fingerprint density at radius 2 is 1.67 bits per heavy atom. The van der Waals surface area contributed by atoms with Gasteiger partial charge in [0.2, 0.25) is 5.88 Å². The van der Waals surface area contributed by atoms with Crippen molar-refractivity contribution in [1.82, 2.24) is 9.30 Å². The van der Waals surface area contributed by atoms with Gasteiger partial charge < -0.3 is 14.7 Å². The highest BCUT2D eigenvalue weighted by Gasteiger charge is 2.20. The second-order valence-electron chi connectivity index (χ2n) is 6.99.